The number of benzene rings is 4. The van der Waals surface area contributed by atoms with Gasteiger partial charge < -0.3 is 44.5 Å². The van der Waals surface area contributed by atoms with Gasteiger partial charge in [-0.25, -0.2) is 4.79 Å². The van der Waals surface area contributed by atoms with E-state index in [-0.39, 0.29) is 24.0 Å². The Kier molecular flexibility index (Phi) is 27.9. The molecule has 0 bridgehead atoms. The highest BCUT2D eigenvalue weighted by atomic mass is 16.6. The smallest absolute Gasteiger partial charge is 0.410 e. The summed E-state index contributed by atoms with van der Waals surface area (Å²) in [7, 11) is 0. The van der Waals surface area contributed by atoms with Crippen molar-refractivity contribution in [1.29, 1.82) is 0 Å². The molecule has 0 aromatic heterocycles. The summed E-state index contributed by atoms with van der Waals surface area (Å²) in [6, 6.07) is 39.6. The Hall–Kier alpha value is -5.60. The van der Waals surface area contributed by atoms with Gasteiger partial charge in [0.2, 0.25) is 0 Å². The molecule has 404 valence electrons. The average Bonchev–Trinajstić information content (AvgIpc) is 3.42. The second-order valence-electron chi connectivity index (χ2n) is 20.8. The lowest BCUT2D eigenvalue weighted by Crippen LogP contribution is -2.42. The number of ether oxygens (including phenoxy) is 5. The maximum atomic E-state index is 12.0. The molecule has 4 fully saturated rings. The van der Waals surface area contributed by atoms with Crippen molar-refractivity contribution in [3.63, 3.8) is 0 Å². The van der Waals surface area contributed by atoms with Crippen molar-refractivity contribution in [2.75, 3.05) is 85.4 Å². The SMILES string of the molecule is CC(C)(C)OC(=O)N1CCC(COC(=O)Cc2ccccc2)CC1.O=C(Cc1ccccc1)OCC1CCNCC1.O=C(Cc1ccccc1)OCC1CCNCC1.c1ccc(CCOCC2CCNCC2)cc1. The predicted molar refractivity (Wildman–Crippen MR) is 292 cm³/mol. The van der Waals surface area contributed by atoms with E-state index in [2.05, 4.69) is 46.3 Å². The van der Waals surface area contributed by atoms with Crippen LogP contribution in [0.25, 0.3) is 0 Å². The van der Waals surface area contributed by atoms with Crippen LogP contribution < -0.4 is 16.0 Å². The van der Waals surface area contributed by atoms with E-state index in [0.29, 0.717) is 69.9 Å². The summed E-state index contributed by atoms with van der Waals surface area (Å²) in [5.74, 6) is 1.73. The van der Waals surface area contributed by atoms with Crippen LogP contribution in [0.5, 0.6) is 0 Å². The quantitative estimate of drug-likeness (QED) is 0.0525. The molecule has 0 aliphatic carbocycles. The normalized spacial score (nSPS) is 16.6. The Morgan fingerprint density at radius 2 is 0.757 bits per heavy atom. The monoisotopic (exact) mass is 1020 g/mol. The van der Waals surface area contributed by atoms with Crippen LogP contribution in [0.3, 0.4) is 0 Å². The maximum Gasteiger partial charge on any atom is 0.410 e. The Labute approximate surface area is 442 Å². The van der Waals surface area contributed by atoms with Gasteiger partial charge in [-0.1, -0.05) is 121 Å². The molecule has 13 nitrogen and oxygen atoms in total. The standard InChI is InChI=1S/C19H27NO4.2C14H19NO2.C14H21NO/c1-19(2,3)24-18(22)20-11-9-16(10-12-20)14-23-17(21)13-15-7-5-4-6-8-15;2*16-14(10-12-4-2-1-3-5-12)17-11-13-6-8-15-9-7-13;1-2-4-13(5-3-1)8-11-16-12-14-6-9-15-10-7-14/h4-8,16H,9-14H2,1-3H3;2*1-5,13,15H,6-11H2;1-5,14-15H,6-12H2. The predicted octanol–water partition coefficient (Wildman–Crippen LogP) is 9.21. The first kappa shape index (κ1) is 59.3. The Morgan fingerprint density at radius 3 is 1.09 bits per heavy atom. The van der Waals surface area contributed by atoms with Crippen LogP contribution in [0.1, 0.15) is 94.4 Å². The number of carbonyl (C=O) groups excluding carboxylic acids is 4. The van der Waals surface area contributed by atoms with Crippen molar-refractivity contribution in [1.82, 2.24) is 20.9 Å². The number of hydrogen-bond donors (Lipinski definition) is 3. The van der Waals surface area contributed by atoms with Crippen LogP contribution in [-0.2, 0) is 63.8 Å². The summed E-state index contributed by atoms with van der Waals surface area (Å²) < 4.78 is 27.2. The molecule has 0 spiro atoms. The topological polar surface area (TPSA) is 154 Å². The van der Waals surface area contributed by atoms with E-state index in [9.17, 15) is 19.2 Å². The van der Waals surface area contributed by atoms with Crippen molar-refractivity contribution in [3.8, 4) is 0 Å². The number of esters is 3. The number of nitrogens with zero attached hydrogens (tertiary/aromatic N) is 1. The van der Waals surface area contributed by atoms with Gasteiger partial charge in [0.05, 0.1) is 45.7 Å². The third-order valence-corrected chi connectivity index (χ3v) is 13.4. The first-order valence-corrected chi connectivity index (χ1v) is 27.3. The highest BCUT2D eigenvalue weighted by molar-refractivity contribution is 5.73. The van der Waals surface area contributed by atoms with Gasteiger partial charge in [-0.15, -0.1) is 0 Å². The fourth-order valence-electron chi connectivity index (χ4n) is 8.91. The van der Waals surface area contributed by atoms with E-state index < -0.39 is 5.60 Å². The highest BCUT2D eigenvalue weighted by Crippen LogP contribution is 2.21. The number of piperidine rings is 4. The molecular weight excluding hydrogens is 933 g/mol. The van der Waals surface area contributed by atoms with Crippen molar-refractivity contribution < 1.29 is 42.9 Å². The van der Waals surface area contributed by atoms with E-state index in [1.54, 1.807) is 4.90 Å². The number of hydrogen-bond acceptors (Lipinski definition) is 12. The zero-order valence-electron chi connectivity index (χ0n) is 44.7. The molecular formula is C61H86N4O9. The minimum absolute atomic E-state index is 0.116. The van der Waals surface area contributed by atoms with Crippen molar-refractivity contribution in [3.05, 3.63) is 144 Å². The first-order valence-electron chi connectivity index (χ1n) is 27.3. The fraction of sp³-hybridized carbons (Fsp3) is 0.541. The van der Waals surface area contributed by atoms with E-state index in [0.717, 1.165) is 120 Å². The van der Waals surface area contributed by atoms with Crippen molar-refractivity contribution in [2.45, 2.75) is 103 Å². The Bertz CT molecular complexity index is 2040. The van der Waals surface area contributed by atoms with E-state index in [1.807, 2.05) is 112 Å². The molecule has 4 aliphatic rings. The summed E-state index contributed by atoms with van der Waals surface area (Å²) >= 11 is 0. The molecule has 4 aliphatic heterocycles. The van der Waals surface area contributed by atoms with Gasteiger partial charge in [0, 0.05) is 19.7 Å². The second kappa shape index (κ2) is 34.8. The number of amides is 1. The number of nitrogens with one attached hydrogen (secondary N) is 3. The van der Waals surface area contributed by atoms with Gasteiger partial charge in [0.25, 0.3) is 0 Å². The van der Waals surface area contributed by atoms with Crippen molar-refractivity contribution >= 4 is 24.0 Å². The van der Waals surface area contributed by atoms with Crippen molar-refractivity contribution in [2.24, 2.45) is 23.7 Å². The van der Waals surface area contributed by atoms with Crippen LogP contribution in [-0.4, -0.2) is 120 Å². The molecule has 0 atom stereocenters. The van der Waals surface area contributed by atoms with Crippen LogP contribution in [0.4, 0.5) is 4.79 Å². The summed E-state index contributed by atoms with van der Waals surface area (Å²) in [4.78, 5) is 48.8. The van der Waals surface area contributed by atoms with Crippen LogP contribution in [0.2, 0.25) is 0 Å². The minimum Gasteiger partial charge on any atom is -0.465 e. The first-order chi connectivity index (χ1) is 36.0. The van der Waals surface area contributed by atoms with Gasteiger partial charge in [0.1, 0.15) is 5.60 Å². The van der Waals surface area contributed by atoms with Crippen LogP contribution in [0, 0.1) is 23.7 Å². The molecule has 0 radical (unpaired) electrons. The molecule has 13 heteroatoms. The third-order valence-electron chi connectivity index (χ3n) is 13.4. The number of likely N-dealkylation sites (tertiary alicyclic amines) is 1. The second-order valence-corrected chi connectivity index (χ2v) is 20.8. The molecule has 4 saturated heterocycles. The molecule has 4 heterocycles. The number of carbonyl (C=O) groups is 4. The summed E-state index contributed by atoms with van der Waals surface area (Å²) in [6.45, 7) is 16.8. The molecule has 3 N–H and O–H groups in total. The zero-order chi connectivity index (χ0) is 52.5. The van der Waals surface area contributed by atoms with Gasteiger partial charge in [-0.05, 0) is 164 Å². The largest absolute Gasteiger partial charge is 0.465 e. The van der Waals surface area contributed by atoms with E-state index in [1.165, 1.54) is 18.4 Å². The van der Waals surface area contributed by atoms with Crippen LogP contribution in [0.15, 0.2) is 121 Å². The minimum atomic E-state index is -0.471. The molecule has 74 heavy (non-hydrogen) atoms. The van der Waals surface area contributed by atoms with E-state index >= 15 is 0 Å². The summed E-state index contributed by atoms with van der Waals surface area (Å²) in [5.41, 5.74) is 3.89. The van der Waals surface area contributed by atoms with Gasteiger partial charge >= 0.3 is 24.0 Å². The molecule has 4 aromatic rings. The average molecular weight is 1020 g/mol. The number of rotatable bonds is 17. The van der Waals surface area contributed by atoms with Crippen LogP contribution >= 0.6 is 0 Å². The molecule has 1 amide bonds. The fourth-order valence-corrected chi connectivity index (χ4v) is 8.91. The third kappa shape index (κ3) is 26.6. The van der Waals surface area contributed by atoms with E-state index in [4.69, 9.17) is 23.7 Å². The summed E-state index contributed by atoms with van der Waals surface area (Å²) in [6.07, 6.45) is 10.5. The molecule has 0 saturated carbocycles. The lowest BCUT2D eigenvalue weighted by atomic mass is 9.98. The van der Waals surface area contributed by atoms with Gasteiger partial charge in [0.15, 0.2) is 0 Å². The summed E-state index contributed by atoms with van der Waals surface area (Å²) in [5, 5.41) is 9.98. The van der Waals surface area contributed by atoms with Gasteiger partial charge in [-0.3, -0.25) is 14.4 Å². The maximum absolute atomic E-state index is 12.0. The Balaban J connectivity index is 0.000000185. The lowest BCUT2D eigenvalue weighted by molar-refractivity contribution is -0.145. The molecule has 4 aromatic carbocycles. The zero-order valence-corrected chi connectivity index (χ0v) is 44.7. The van der Waals surface area contributed by atoms with Gasteiger partial charge in [-0.2, -0.15) is 0 Å². The lowest BCUT2D eigenvalue weighted by Gasteiger charge is -2.33. The Morgan fingerprint density at radius 1 is 0.446 bits per heavy atom. The highest BCUT2D eigenvalue weighted by Gasteiger charge is 2.27. The molecule has 8 rings (SSSR count). The molecule has 0 unspecified atom stereocenters.